The highest BCUT2D eigenvalue weighted by molar-refractivity contribution is 7.92. The van der Waals surface area contributed by atoms with Crippen LogP contribution in [-0.4, -0.2) is 31.9 Å². The molecule has 0 saturated heterocycles. The number of nitrogens with zero attached hydrogens (tertiary/aromatic N) is 1. The number of hydrogen-bond donors (Lipinski definition) is 2. The van der Waals surface area contributed by atoms with Gasteiger partial charge in [-0.25, -0.2) is 31.4 Å². The molecule has 0 saturated carbocycles. The average molecular weight is 548 g/mol. The van der Waals surface area contributed by atoms with Crippen molar-refractivity contribution >= 4 is 44.1 Å². The first-order valence-electron chi connectivity index (χ1n) is 10.4. The van der Waals surface area contributed by atoms with Gasteiger partial charge < -0.3 is 4.74 Å². The molecule has 8 nitrogen and oxygen atoms in total. The summed E-state index contributed by atoms with van der Waals surface area (Å²) in [5, 5.41) is 4.44. The lowest BCUT2D eigenvalue weighted by Crippen LogP contribution is -2.20. The molecule has 37 heavy (non-hydrogen) atoms. The Labute approximate surface area is 212 Å². The molecule has 1 aromatic heterocycles. The van der Waals surface area contributed by atoms with E-state index in [-0.39, 0.29) is 22.2 Å². The normalized spacial score (nSPS) is 11.1. The van der Waals surface area contributed by atoms with Gasteiger partial charge in [-0.3, -0.25) is 14.8 Å². The standard InChI is InChI=1S/C24H16F3N3O5S2/c25-16-5-1-14(2-6-16)21-13-36-24(28-21)29-22(31)12-35-23(32)15-3-7-17(8-4-15)30-37(33,34)18-9-10-19(26)20(27)11-18/h1-11,13,30H,12H2,(H,28,29,31). The highest BCUT2D eigenvalue weighted by Crippen LogP contribution is 2.25. The number of esters is 1. The van der Waals surface area contributed by atoms with Gasteiger partial charge in [-0.15, -0.1) is 11.3 Å². The number of halogens is 3. The number of rotatable bonds is 8. The topological polar surface area (TPSA) is 114 Å². The zero-order valence-electron chi connectivity index (χ0n) is 18.6. The second-order valence-corrected chi connectivity index (χ2v) is 9.97. The molecule has 0 aliphatic carbocycles. The Kier molecular flexibility index (Phi) is 7.55. The van der Waals surface area contributed by atoms with Crippen molar-refractivity contribution in [2.45, 2.75) is 4.90 Å². The summed E-state index contributed by atoms with van der Waals surface area (Å²) in [5.41, 5.74) is 1.30. The van der Waals surface area contributed by atoms with Crippen LogP contribution in [0.5, 0.6) is 0 Å². The molecule has 0 aliphatic rings. The minimum Gasteiger partial charge on any atom is -0.452 e. The summed E-state index contributed by atoms with van der Waals surface area (Å²) in [7, 11) is -4.20. The number of ether oxygens (including phenoxy) is 1. The Morgan fingerprint density at radius 3 is 2.30 bits per heavy atom. The number of carbonyl (C=O) groups is 2. The number of anilines is 2. The first-order chi connectivity index (χ1) is 17.6. The fraction of sp³-hybridized carbons (Fsp3) is 0.0417. The number of hydrogen-bond acceptors (Lipinski definition) is 7. The molecule has 1 amide bonds. The molecule has 3 aromatic carbocycles. The van der Waals surface area contributed by atoms with Crippen LogP contribution >= 0.6 is 11.3 Å². The lowest BCUT2D eigenvalue weighted by atomic mass is 10.2. The van der Waals surface area contributed by atoms with E-state index in [1.54, 1.807) is 17.5 Å². The largest absolute Gasteiger partial charge is 0.452 e. The van der Waals surface area contributed by atoms with E-state index in [1.807, 2.05) is 0 Å². The van der Waals surface area contributed by atoms with Gasteiger partial charge in [0.15, 0.2) is 23.4 Å². The molecule has 0 unspecified atom stereocenters. The highest BCUT2D eigenvalue weighted by Gasteiger charge is 2.18. The summed E-state index contributed by atoms with van der Waals surface area (Å²) in [6.45, 7) is -0.602. The van der Waals surface area contributed by atoms with Crippen LogP contribution in [0.2, 0.25) is 0 Å². The fourth-order valence-corrected chi connectivity index (χ4v) is 4.79. The maximum absolute atomic E-state index is 13.4. The monoisotopic (exact) mass is 547 g/mol. The van der Waals surface area contributed by atoms with Crippen LogP contribution in [-0.2, 0) is 19.6 Å². The Hall–Kier alpha value is -4.23. The highest BCUT2D eigenvalue weighted by atomic mass is 32.2. The number of thiazole rings is 1. The maximum Gasteiger partial charge on any atom is 0.338 e. The van der Waals surface area contributed by atoms with Crippen LogP contribution in [0.3, 0.4) is 0 Å². The third kappa shape index (κ3) is 6.51. The van der Waals surface area contributed by atoms with E-state index < -0.39 is 45.0 Å². The van der Waals surface area contributed by atoms with Crippen molar-refractivity contribution in [1.29, 1.82) is 0 Å². The van der Waals surface area contributed by atoms with Gasteiger partial charge in [0.05, 0.1) is 16.2 Å². The molecule has 0 fully saturated rings. The van der Waals surface area contributed by atoms with Crippen LogP contribution in [0, 0.1) is 17.5 Å². The SMILES string of the molecule is O=C(COC(=O)c1ccc(NS(=O)(=O)c2ccc(F)c(F)c2)cc1)Nc1nc(-c2ccc(F)cc2)cs1. The van der Waals surface area contributed by atoms with Gasteiger partial charge >= 0.3 is 5.97 Å². The number of aromatic nitrogens is 1. The average Bonchev–Trinajstić information content (AvgIpc) is 3.33. The van der Waals surface area contributed by atoms with Crippen molar-refractivity contribution in [2.24, 2.45) is 0 Å². The van der Waals surface area contributed by atoms with Crippen molar-refractivity contribution in [3.63, 3.8) is 0 Å². The molecule has 190 valence electrons. The van der Waals surface area contributed by atoms with E-state index in [4.69, 9.17) is 4.74 Å². The van der Waals surface area contributed by atoms with Gasteiger partial charge in [0.2, 0.25) is 0 Å². The molecule has 2 N–H and O–H groups in total. The molecule has 0 bridgehead atoms. The van der Waals surface area contributed by atoms with Crippen LogP contribution in [0.25, 0.3) is 11.3 Å². The van der Waals surface area contributed by atoms with Gasteiger partial charge in [0.1, 0.15) is 5.82 Å². The van der Waals surface area contributed by atoms with E-state index in [9.17, 15) is 31.2 Å². The quantitative estimate of drug-likeness (QED) is 0.306. The first-order valence-corrected chi connectivity index (χ1v) is 12.7. The number of amides is 1. The van der Waals surface area contributed by atoms with Gasteiger partial charge in [-0.1, -0.05) is 0 Å². The van der Waals surface area contributed by atoms with Crippen molar-refractivity contribution in [3.8, 4) is 11.3 Å². The zero-order chi connectivity index (χ0) is 26.6. The summed E-state index contributed by atoms with van der Waals surface area (Å²) < 4.78 is 71.3. The molecule has 4 aromatic rings. The molecule has 0 atom stereocenters. The van der Waals surface area contributed by atoms with Gasteiger partial charge in [0, 0.05) is 16.6 Å². The van der Waals surface area contributed by atoms with Gasteiger partial charge in [0.25, 0.3) is 15.9 Å². The van der Waals surface area contributed by atoms with Crippen LogP contribution in [0.15, 0.2) is 77.0 Å². The van der Waals surface area contributed by atoms with E-state index in [0.29, 0.717) is 23.4 Å². The van der Waals surface area contributed by atoms with Gasteiger partial charge in [-0.05, 0) is 66.7 Å². The number of sulfonamides is 1. The van der Waals surface area contributed by atoms with E-state index in [2.05, 4.69) is 15.0 Å². The van der Waals surface area contributed by atoms with Crippen molar-refractivity contribution in [3.05, 3.63) is 95.1 Å². The van der Waals surface area contributed by atoms with E-state index >= 15 is 0 Å². The lowest BCUT2D eigenvalue weighted by molar-refractivity contribution is -0.119. The molecule has 13 heteroatoms. The molecule has 0 spiro atoms. The fourth-order valence-electron chi connectivity index (χ4n) is 2.99. The van der Waals surface area contributed by atoms with Crippen molar-refractivity contribution in [1.82, 2.24) is 4.98 Å². The summed E-state index contributed by atoms with van der Waals surface area (Å²) in [4.78, 5) is 28.1. The molecule has 4 rings (SSSR count). The summed E-state index contributed by atoms with van der Waals surface area (Å²) in [6, 6.07) is 12.9. The first kappa shape index (κ1) is 25.9. The van der Waals surface area contributed by atoms with E-state index in [0.717, 1.165) is 17.4 Å². The summed E-state index contributed by atoms with van der Waals surface area (Å²) >= 11 is 1.14. The molecule has 0 radical (unpaired) electrons. The zero-order valence-corrected chi connectivity index (χ0v) is 20.2. The Morgan fingerprint density at radius 2 is 1.62 bits per heavy atom. The van der Waals surface area contributed by atoms with E-state index in [1.165, 1.54) is 36.4 Å². The Bertz CT molecular complexity index is 1560. The van der Waals surface area contributed by atoms with Crippen molar-refractivity contribution in [2.75, 3.05) is 16.6 Å². The number of carbonyl (C=O) groups excluding carboxylic acids is 2. The van der Waals surface area contributed by atoms with Crippen LogP contribution in [0.4, 0.5) is 24.0 Å². The minimum absolute atomic E-state index is 0.0384. The molecular formula is C24H16F3N3O5S2. The second kappa shape index (κ2) is 10.8. The second-order valence-electron chi connectivity index (χ2n) is 7.43. The number of benzene rings is 3. The Balaban J connectivity index is 1.30. The van der Waals surface area contributed by atoms with Crippen molar-refractivity contribution < 1.29 is 35.9 Å². The predicted octanol–water partition coefficient (Wildman–Crippen LogP) is 4.82. The predicted molar refractivity (Wildman–Crippen MR) is 130 cm³/mol. The molecule has 0 aliphatic heterocycles. The third-order valence-corrected chi connectivity index (χ3v) is 6.94. The molecular weight excluding hydrogens is 531 g/mol. The smallest absolute Gasteiger partial charge is 0.338 e. The summed E-state index contributed by atoms with van der Waals surface area (Å²) in [5.74, 6) is -4.35. The molecule has 1 heterocycles. The lowest BCUT2D eigenvalue weighted by Gasteiger charge is -2.09. The third-order valence-electron chi connectivity index (χ3n) is 4.80. The van der Waals surface area contributed by atoms with Crippen LogP contribution < -0.4 is 10.0 Å². The minimum atomic E-state index is -4.20. The van der Waals surface area contributed by atoms with Crippen LogP contribution in [0.1, 0.15) is 10.4 Å². The maximum atomic E-state index is 13.4. The number of nitrogens with one attached hydrogen (secondary N) is 2. The Morgan fingerprint density at radius 1 is 0.919 bits per heavy atom. The summed E-state index contributed by atoms with van der Waals surface area (Å²) in [6.07, 6.45) is 0. The van der Waals surface area contributed by atoms with Gasteiger partial charge in [-0.2, -0.15) is 0 Å².